The van der Waals surface area contributed by atoms with Crippen LogP contribution in [0.25, 0.3) is 0 Å². The molecule has 0 aliphatic heterocycles. The third-order valence-corrected chi connectivity index (χ3v) is 10.9. The smallest absolute Gasteiger partial charge is 0.485 e. The summed E-state index contributed by atoms with van der Waals surface area (Å²) in [6.07, 6.45) is 10.9. The van der Waals surface area contributed by atoms with E-state index in [-0.39, 0.29) is 0 Å². The lowest BCUT2D eigenvalue weighted by molar-refractivity contribution is -0.0517. The molecular formula is C15H29F3O4S2Si. The Balaban J connectivity index is 0.000000609. The number of allylic oxidation sites excluding steroid dienone is 1. The molecule has 1 unspecified atom stereocenters. The van der Waals surface area contributed by atoms with Gasteiger partial charge in [0.05, 0.1) is 18.3 Å². The molecule has 1 atom stereocenters. The molecule has 1 aliphatic carbocycles. The zero-order valence-electron chi connectivity index (χ0n) is 15.9. The highest BCUT2D eigenvalue weighted by atomic mass is 32.2. The van der Waals surface area contributed by atoms with Crippen LogP contribution in [0.1, 0.15) is 40.0 Å². The van der Waals surface area contributed by atoms with E-state index in [1.54, 1.807) is 0 Å². The molecule has 0 spiro atoms. The van der Waals surface area contributed by atoms with E-state index in [0.717, 1.165) is 11.7 Å². The summed E-state index contributed by atoms with van der Waals surface area (Å²) in [5, 5.41) is 1.06. The maximum absolute atomic E-state index is 10.7. The number of rotatable bonds is 3. The van der Waals surface area contributed by atoms with Crippen LogP contribution >= 0.6 is 0 Å². The van der Waals surface area contributed by atoms with E-state index >= 15 is 0 Å². The molecule has 0 aromatic carbocycles. The second-order valence-electron chi connectivity index (χ2n) is 7.71. The third-order valence-electron chi connectivity index (χ3n) is 4.37. The molecule has 1 aliphatic rings. The first kappa shape index (κ1) is 24.8. The summed E-state index contributed by atoms with van der Waals surface area (Å²) in [4.78, 5) is 0. The topological polar surface area (TPSA) is 66.4 Å². The Morgan fingerprint density at radius 3 is 2.00 bits per heavy atom. The van der Waals surface area contributed by atoms with Crippen LogP contribution in [0.4, 0.5) is 13.2 Å². The van der Waals surface area contributed by atoms with E-state index in [2.05, 4.69) is 52.5 Å². The molecular weight excluding hydrogens is 393 g/mol. The molecule has 0 aromatic heterocycles. The van der Waals surface area contributed by atoms with Gasteiger partial charge in [0, 0.05) is 12.5 Å². The zero-order valence-corrected chi connectivity index (χ0v) is 18.5. The monoisotopic (exact) mass is 422 g/mol. The third kappa shape index (κ3) is 8.36. The van der Waals surface area contributed by atoms with Gasteiger partial charge in [-0.2, -0.15) is 13.2 Å². The maximum Gasteiger partial charge on any atom is 0.485 e. The molecule has 10 heteroatoms. The fourth-order valence-electron chi connectivity index (χ4n) is 1.79. The molecule has 0 saturated carbocycles. The van der Waals surface area contributed by atoms with Gasteiger partial charge in [-0.15, -0.1) is 0 Å². The van der Waals surface area contributed by atoms with E-state index in [1.165, 1.54) is 18.6 Å². The lowest BCUT2D eigenvalue weighted by atomic mass is 10.1. The first-order chi connectivity index (χ1) is 10.9. The largest absolute Gasteiger partial charge is 0.741 e. The number of hydrogen-bond donors (Lipinski definition) is 0. The van der Waals surface area contributed by atoms with Gasteiger partial charge in [0.15, 0.2) is 10.1 Å². The first-order valence-electron chi connectivity index (χ1n) is 7.87. The lowest BCUT2D eigenvalue weighted by Crippen LogP contribution is -2.41. The summed E-state index contributed by atoms with van der Waals surface area (Å²) in [6, 6.07) is 0. The minimum Gasteiger partial charge on any atom is -0.741 e. The second kappa shape index (κ2) is 8.66. The Kier molecular flexibility index (Phi) is 8.60. The molecule has 4 nitrogen and oxygen atoms in total. The fraction of sp³-hybridized carbons (Fsp3) is 0.867. The Bertz CT molecular complexity index is 564. The normalized spacial score (nSPS) is 19.8. The Morgan fingerprint density at radius 2 is 1.68 bits per heavy atom. The average molecular weight is 423 g/mol. The van der Waals surface area contributed by atoms with Crippen molar-refractivity contribution < 1.29 is 30.6 Å². The van der Waals surface area contributed by atoms with Crippen LogP contribution in [0, 0.1) is 0 Å². The van der Waals surface area contributed by atoms with Crippen molar-refractivity contribution in [3.05, 3.63) is 11.8 Å². The van der Waals surface area contributed by atoms with Gasteiger partial charge in [0.25, 0.3) is 0 Å². The summed E-state index contributed by atoms with van der Waals surface area (Å²) >= 11 is 0. The van der Waals surface area contributed by atoms with E-state index in [4.69, 9.17) is 17.4 Å². The fourth-order valence-corrected chi connectivity index (χ4v) is 3.98. The summed E-state index contributed by atoms with van der Waals surface area (Å²) < 4.78 is 65.3. The van der Waals surface area contributed by atoms with Gasteiger partial charge in [0.1, 0.15) is 5.25 Å². The highest BCUT2D eigenvalue weighted by Gasteiger charge is 2.40. The summed E-state index contributed by atoms with van der Waals surface area (Å²) in [7, 11) is -7.23. The van der Waals surface area contributed by atoms with Crippen LogP contribution in [-0.2, 0) is 25.4 Å². The molecule has 0 amide bonds. The first-order valence-corrected chi connectivity index (χ1v) is 14.3. The SMILES string of the molecule is C[S+](C)C1C=C(O[Si](C)(C)C(C)(C)C)CCC1.O=S(=O)([O-])C(F)(F)F. The van der Waals surface area contributed by atoms with E-state index < -0.39 is 23.9 Å². The maximum atomic E-state index is 10.7. The Labute approximate surface area is 153 Å². The zero-order chi connectivity index (χ0) is 20.3. The second-order valence-corrected chi connectivity index (χ2v) is 16.2. The summed E-state index contributed by atoms with van der Waals surface area (Å²) in [5.41, 5.74) is -5.65. The molecule has 0 heterocycles. The van der Waals surface area contributed by atoms with Crippen molar-refractivity contribution in [2.45, 2.75) is 68.9 Å². The molecule has 0 saturated heterocycles. The number of hydrogen-bond acceptors (Lipinski definition) is 4. The van der Waals surface area contributed by atoms with Crippen LogP contribution in [-0.4, -0.2) is 44.6 Å². The predicted molar refractivity (Wildman–Crippen MR) is 99.0 cm³/mol. The van der Waals surface area contributed by atoms with Gasteiger partial charge >= 0.3 is 5.51 Å². The van der Waals surface area contributed by atoms with Gasteiger partial charge in [-0.1, -0.05) is 20.8 Å². The summed E-state index contributed by atoms with van der Waals surface area (Å²) in [6.45, 7) is 11.6. The average Bonchev–Trinajstić information content (AvgIpc) is 2.35. The molecule has 0 fully saturated rings. The molecule has 0 aromatic rings. The van der Waals surface area contributed by atoms with Crippen LogP contribution in [0.3, 0.4) is 0 Å². The van der Waals surface area contributed by atoms with Gasteiger partial charge in [-0.3, -0.25) is 0 Å². The van der Waals surface area contributed by atoms with Crippen LogP contribution in [0.15, 0.2) is 11.8 Å². The van der Waals surface area contributed by atoms with Gasteiger partial charge < -0.3 is 8.98 Å². The predicted octanol–water partition coefficient (Wildman–Crippen LogP) is 4.37. The molecule has 25 heavy (non-hydrogen) atoms. The van der Waals surface area contributed by atoms with Crippen molar-refractivity contribution in [2.24, 2.45) is 0 Å². The van der Waals surface area contributed by atoms with Crippen LogP contribution in [0.5, 0.6) is 0 Å². The molecule has 150 valence electrons. The molecule has 0 N–H and O–H groups in total. The Morgan fingerprint density at radius 1 is 1.24 bits per heavy atom. The van der Waals surface area contributed by atoms with Crippen molar-refractivity contribution in [3.8, 4) is 0 Å². The standard InChI is InChI=1S/C14H29OSSi.CHF3O3S/c1-14(2,3)17(6,7)15-12-9-8-10-13(11-12)16(4)5;2-1(3,4)8(5,6)7/h11,13H,8-10H2,1-7H3;(H,5,6,7)/q+1;/p-1. The van der Waals surface area contributed by atoms with Gasteiger partial charge in [0.2, 0.25) is 8.32 Å². The van der Waals surface area contributed by atoms with Gasteiger partial charge in [-0.05, 0) is 41.9 Å². The van der Waals surface area contributed by atoms with Crippen LogP contribution < -0.4 is 0 Å². The summed E-state index contributed by atoms with van der Waals surface area (Å²) in [5.74, 6) is 1.29. The Hall–Kier alpha value is -0.193. The van der Waals surface area contributed by atoms with Crippen molar-refractivity contribution >= 4 is 29.3 Å². The minimum atomic E-state index is -6.09. The van der Waals surface area contributed by atoms with Crippen molar-refractivity contribution in [1.29, 1.82) is 0 Å². The van der Waals surface area contributed by atoms with E-state index in [9.17, 15) is 13.2 Å². The highest BCUT2D eigenvalue weighted by Crippen LogP contribution is 2.39. The van der Waals surface area contributed by atoms with E-state index in [1.807, 2.05) is 0 Å². The molecule has 0 radical (unpaired) electrons. The van der Waals surface area contributed by atoms with Gasteiger partial charge in [-0.25, -0.2) is 8.42 Å². The van der Waals surface area contributed by atoms with E-state index in [0.29, 0.717) is 15.9 Å². The quantitative estimate of drug-likeness (QED) is 0.293. The number of alkyl halides is 3. The number of halogens is 3. The van der Waals surface area contributed by atoms with Crippen molar-refractivity contribution in [3.63, 3.8) is 0 Å². The molecule has 1 rings (SSSR count). The van der Waals surface area contributed by atoms with Crippen molar-refractivity contribution in [1.82, 2.24) is 0 Å². The minimum absolute atomic E-state index is 0.306. The lowest BCUT2D eigenvalue weighted by Gasteiger charge is -2.38. The highest BCUT2D eigenvalue weighted by molar-refractivity contribution is 7.96. The molecule has 0 bridgehead atoms. The van der Waals surface area contributed by atoms with Crippen LogP contribution in [0.2, 0.25) is 18.1 Å². The van der Waals surface area contributed by atoms with Crippen molar-refractivity contribution in [2.75, 3.05) is 12.5 Å².